The van der Waals surface area contributed by atoms with Crippen molar-refractivity contribution in [1.82, 2.24) is 5.43 Å². The van der Waals surface area contributed by atoms with Crippen molar-refractivity contribution in [2.45, 2.75) is 32.6 Å². The zero-order valence-corrected chi connectivity index (χ0v) is 22.6. The van der Waals surface area contributed by atoms with Crippen LogP contribution in [0.1, 0.15) is 46.1 Å². The number of hydrogen-bond donors (Lipinski definition) is 2. The number of nitro benzene ring substituents is 2. The Hall–Kier alpha value is -5.18. The molecule has 1 aliphatic carbocycles. The summed E-state index contributed by atoms with van der Waals surface area (Å²) in [5.41, 5.74) is 3.15. The average molecular weight is 582 g/mol. The quantitative estimate of drug-likeness (QED) is 0.127. The van der Waals surface area contributed by atoms with Gasteiger partial charge in [0.1, 0.15) is 10.8 Å². The average Bonchev–Trinajstić information content (AvgIpc) is 3.33. The van der Waals surface area contributed by atoms with Crippen LogP contribution in [0.25, 0.3) is 0 Å². The molecule has 2 amide bonds. The van der Waals surface area contributed by atoms with Gasteiger partial charge in [0, 0.05) is 10.9 Å². The number of benzene rings is 2. The molecule has 0 atom stereocenters. The molecule has 0 radical (unpaired) electrons. The normalized spacial score (nSPS) is 12.6. The van der Waals surface area contributed by atoms with Gasteiger partial charge in [-0.3, -0.25) is 29.8 Å². The van der Waals surface area contributed by atoms with Crippen LogP contribution in [0, 0.1) is 20.2 Å². The van der Waals surface area contributed by atoms with Crippen LogP contribution in [0.15, 0.2) is 47.6 Å². The van der Waals surface area contributed by atoms with Gasteiger partial charge in [0.2, 0.25) is 5.75 Å². The zero-order valence-electron chi connectivity index (χ0n) is 21.8. The predicted octanol–water partition coefficient (Wildman–Crippen LogP) is 4.50. The van der Waals surface area contributed by atoms with Crippen molar-refractivity contribution in [3.63, 3.8) is 0 Å². The van der Waals surface area contributed by atoms with E-state index in [1.807, 2.05) is 0 Å². The number of rotatable bonds is 8. The number of methoxy groups -OCH3 is 1. The number of nitrogens with one attached hydrogen (secondary N) is 2. The minimum Gasteiger partial charge on any atom is -0.465 e. The molecule has 3 aromatic rings. The Morgan fingerprint density at radius 1 is 0.976 bits per heavy atom. The number of hydrogen-bond acceptors (Lipinski definition) is 11. The maximum Gasteiger partial charge on any atom is 0.341 e. The summed E-state index contributed by atoms with van der Waals surface area (Å²) in [5.74, 6) is -2.60. The largest absolute Gasteiger partial charge is 0.465 e. The Morgan fingerprint density at radius 3 is 2.34 bits per heavy atom. The minimum atomic E-state index is -1.04. The summed E-state index contributed by atoms with van der Waals surface area (Å²) in [6, 6.07) is 9.14. The Kier molecular flexibility index (Phi) is 8.67. The van der Waals surface area contributed by atoms with E-state index in [1.165, 1.54) is 30.6 Å². The topological polar surface area (TPSA) is 192 Å². The third kappa shape index (κ3) is 6.52. The number of anilines is 1. The number of thiophene rings is 1. The Labute approximate surface area is 236 Å². The van der Waals surface area contributed by atoms with E-state index in [4.69, 9.17) is 9.47 Å². The summed E-state index contributed by atoms with van der Waals surface area (Å²) >= 11 is 1.25. The van der Waals surface area contributed by atoms with Gasteiger partial charge in [0.05, 0.1) is 34.3 Å². The molecule has 1 heterocycles. The van der Waals surface area contributed by atoms with E-state index < -0.39 is 39.0 Å². The molecule has 4 rings (SSSR count). The van der Waals surface area contributed by atoms with E-state index >= 15 is 0 Å². The summed E-state index contributed by atoms with van der Waals surface area (Å²) in [6.45, 7) is 1.58. The summed E-state index contributed by atoms with van der Waals surface area (Å²) in [7, 11) is 1.25. The number of non-ortho nitro benzene ring substituents is 1. The van der Waals surface area contributed by atoms with Gasteiger partial charge in [0.15, 0.2) is 0 Å². The highest BCUT2D eigenvalue weighted by Gasteiger charge is 2.28. The molecule has 15 heteroatoms. The number of carbonyl (C=O) groups excluding carboxylic acids is 3. The first-order chi connectivity index (χ1) is 19.6. The molecule has 0 fully saturated rings. The molecule has 0 saturated carbocycles. The van der Waals surface area contributed by atoms with E-state index in [0.717, 1.165) is 47.9 Å². The van der Waals surface area contributed by atoms with Crippen molar-refractivity contribution in [3.8, 4) is 11.5 Å². The van der Waals surface area contributed by atoms with Crippen molar-refractivity contribution < 1.29 is 33.7 Å². The second-order valence-corrected chi connectivity index (χ2v) is 9.90. The van der Waals surface area contributed by atoms with Crippen molar-refractivity contribution in [2.24, 2.45) is 5.10 Å². The fraction of sp³-hybridized carbons (Fsp3) is 0.231. The summed E-state index contributed by atoms with van der Waals surface area (Å²) < 4.78 is 10.4. The van der Waals surface area contributed by atoms with Crippen LogP contribution < -0.4 is 15.5 Å². The van der Waals surface area contributed by atoms with Crippen molar-refractivity contribution >= 4 is 51.2 Å². The molecular formula is C26H23N5O9S. The van der Waals surface area contributed by atoms with Crippen LogP contribution in [-0.4, -0.2) is 40.5 Å². The Morgan fingerprint density at radius 2 is 1.68 bits per heavy atom. The van der Waals surface area contributed by atoms with Crippen LogP contribution >= 0.6 is 11.3 Å². The highest BCUT2D eigenvalue weighted by Crippen LogP contribution is 2.38. The molecule has 0 saturated heterocycles. The number of esters is 1. The Balaban J connectivity index is 1.41. The van der Waals surface area contributed by atoms with Gasteiger partial charge in [-0.25, -0.2) is 10.2 Å². The smallest absolute Gasteiger partial charge is 0.341 e. The van der Waals surface area contributed by atoms with Crippen molar-refractivity contribution in [2.75, 3.05) is 12.4 Å². The van der Waals surface area contributed by atoms with Gasteiger partial charge < -0.3 is 14.8 Å². The van der Waals surface area contributed by atoms with Gasteiger partial charge >= 0.3 is 23.5 Å². The van der Waals surface area contributed by atoms with E-state index in [1.54, 1.807) is 19.1 Å². The molecule has 14 nitrogen and oxygen atoms in total. The molecule has 0 aliphatic heterocycles. The maximum absolute atomic E-state index is 12.5. The number of amides is 2. The third-order valence-electron chi connectivity index (χ3n) is 6.17. The molecule has 2 aromatic carbocycles. The molecular weight excluding hydrogens is 558 g/mol. The fourth-order valence-corrected chi connectivity index (χ4v) is 5.39. The molecule has 1 aromatic heterocycles. The SMILES string of the molecule is COC(=O)c1c(NC(=O)C(=O)N/N=C(\C)c2ccc(Oc3ccc([N+](=O)[O-])cc3[N+](=O)[O-])cc2)sc2c1CCCC2. The molecule has 212 valence electrons. The first-order valence-corrected chi connectivity index (χ1v) is 13.0. The molecule has 2 N–H and O–H groups in total. The second-order valence-electron chi connectivity index (χ2n) is 8.79. The van der Waals surface area contributed by atoms with Gasteiger partial charge in [0.25, 0.3) is 5.69 Å². The van der Waals surface area contributed by atoms with Crippen LogP contribution in [0.5, 0.6) is 11.5 Å². The number of aryl methyl sites for hydroxylation is 1. The summed E-state index contributed by atoms with van der Waals surface area (Å²) in [5, 5.41) is 28.9. The lowest BCUT2D eigenvalue weighted by Gasteiger charge is -2.11. The standard InChI is InChI=1S/C26H23N5O9S/c1-14(15-7-10-17(11-8-15)40-20-12-9-16(30(35)36)13-19(20)31(37)38)28-29-24(33)23(32)27-25-22(26(34)39-2)18-5-3-4-6-21(18)41-25/h7-13H,3-6H2,1-2H3,(H,27,32)(H,29,33)/b28-14+. The number of nitro groups is 2. The lowest BCUT2D eigenvalue weighted by molar-refractivity contribution is -0.394. The van der Waals surface area contributed by atoms with Crippen molar-refractivity contribution in [1.29, 1.82) is 0 Å². The van der Waals surface area contributed by atoms with Crippen LogP contribution in [0.2, 0.25) is 0 Å². The number of nitrogens with zero attached hydrogens (tertiary/aromatic N) is 3. The van der Waals surface area contributed by atoms with Gasteiger partial charge in [-0.05, 0) is 74.1 Å². The van der Waals surface area contributed by atoms with E-state index in [0.29, 0.717) is 17.7 Å². The fourth-order valence-electron chi connectivity index (χ4n) is 4.12. The summed E-state index contributed by atoms with van der Waals surface area (Å²) in [6.07, 6.45) is 3.36. The monoisotopic (exact) mass is 581 g/mol. The molecule has 41 heavy (non-hydrogen) atoms. The highest BCUT2D eigenvalue weighted by atomic mass is 32.1. The van der Waals surface area contributed by atoms with E-state index in [9.17, 15) is 34.6 Å². The van der Waals surface area contributed by atoms with Crippen molar-refractivity contribution in [3.05, 3.63) is 84.3 Å². The third-order valence-corrected chi connectivity index (χ3v) is 7.38. The number of hydrazone groups is 1. The Bertz CT molecular complexity index is 1580. The molecule has 0 unspecified atom stereocenters. The number of carbonyl (C=O) groups is 3. The lowest BCUT2D eigenvalue weighted by Crippen LogP contribution is -2.33. The minimum absolute atomic E-state index is 0.182. The molecule has 1 aliphatic rings. The van der Waals surface area contributed by atoms with Gasteiger partial charge in [-0.1, -0.05) is 0 Å². The molecule has 0 bridgehead atoms. The van der Waals surface area contributed by atoms with Crippen LogP contribution in [0.4, 0.5) is 16.4 Å². The van der Waals surface area contributed by atoms with Crippen LogP contribution in [0.3, 0.4) is 0 Å². The lowest BCUT2D eigenvalue weighted by atomic mass is 9.95. The highest BCUT2D eigenvalue weighted by molar-refractivity contribution is 7.17. The summed E-state index contributed by atoms with van der Waals surface area (Å²) in [4.78, 5) is 59.0. The van der Waals surface area contributed by atoms with E-state index in [2.05, 4.69) is 15.8 Å². The van der Waals surface area contributed by atoms with E-state index in [-0.39, 0.29) is 22.1 Å². The number of ether oxygens (including phenoxy) is 2. The zero-order chi connectivity index (χ0) is 29.7. The first kappa shape index (κ1) is 28.8. The first-order valence-electron chi connectivity index (χ1n) is 12.2. The van der Waals surface area contributed by atoms with Crippen LogP contribution in [-0.2, 0) is 27.2 Å². The maximum atomic E-state index is 12.5. The van der Waals surface area contributed by atoms with Gasteiger partial charge in [-0.2, -0.15) is 5.10 Å². The predicted molar refractivity (Wildman–Crippen MR) is 148 cm³/mol. The molecule has 0 spiro atoms. The van der Waals surface area contributed by atoms with Gasteiger partial charge in [-0.15, -0.1) is 11.3 Å². The number of fused-ring (bicyclic) bond motifs is 1. The second kappa shape index (κ2) is 12.3.